The highest BCUT2D eigenvalue weighted by Gasteiger charge is 2.25. The van der Waals surface area contributed by atoms with Gasteiger partial charge >= 0.3 is 0 Å². The molecule has 2 aliphatic heterocycles. The highest BCUT2D eigenvalue weighted by molar-refractivity contribution is 5.94. The van der Waals surface area contributed by atoms with Gasteiger partial charge in [-0.15, -0.1) is 10.2 Å². The van der Waals surface area contributed by atoms with Crippen molar-refractivity contribution in [2.24, 2.45) is 0 Å². The van der Waals surface area contributed by atoms with E-state index in [9.17, 15) is 13.6 Å². The maximum Gasteiger partial charge on any atom is 0.254 e. The van der Waals surface area contributed by atoms with Crippen LogP contribution < -0.4 is 9.80 Å². The smallest absolute Gasteiger partial charge is 0.254 e. The Bertz CT molecular complexity index is 868. The lowest BCUT2D eigenvalue weighted by molar-refractivity contribution is 0.0746. The molecule has 1 amide bonds. The summed E-state index contributed by atoms with van der Waals surface area (Å²) in [7, 11) is 0. The number of piperidine rings is 1. The van der Waals surface area contributed by atoms with E-state index in [1.165, 1.54) is 25.3 Å². The Kier molecular flexibility index (Phi) is 5.60. The zero-order chi connectivity index (χ0) is 20.4. The first-order valence-corrected chi connectivity index (χ1v) is 10.1. The lowest BCUT2D eigenvalue weighted by Gasteiger charge is -2.36. The van der Waals surface area contributed by atoms with Crippen LogP contribution in [0.2, 0.25) is 0 Å². The van der Waals surface area contributed by atoms with E-state index in [4.69, 9.17) is 0 Å². The van der Waals surface area contributed by atoms with E-state index in [-0.39, 0.29) is 11.5 Å². The molecule has 2 aromatic rings. The Balaban J connectivity index is 1.36. The number of carbonyl (C=O) groups is 1. The Hall–Kier alpha value is -2.77. The topological polar surface area (TPSA) is 52.6 Å². The molecular weight excluding hydrogens is 376 g/mol. The van der Waals surface area contributed by atoms with E-state index in [2.05, 4.69) is 26.9 Å². The van der Waals surface area contributed by atoms with Crippen molar-refractivity contribution in [3.63, 3.8) is 0 Å². The number of hydrogen-bond donors (Lipinski definition) is 0. The number of halogens is 2. The van der Waals surface area contributed by atoms with E-state index >= 15 is 0 Å². The fourth-order valence-corrected chi connectivity index (χ4v) is 4.03. The lowest BCUT2D eigenvalue weighted by atomic mass is 10.0. The molecule has 0 aliphatic carbocycles. The second-order valence-corrected chi connectivity index (χ2v) is 7.70. The quantitative estimate of drug-likeness (QED) is 0.791. The Morgan fingerprint density at radius 2 is 1.66 bits per heavy atom. The summed E-state index contributed by atoms with van der Waals surface area (Å²) >= 11 is 0. The van der Waals surface area contributed by atoms with Crippen LogP contribution in [0, 0.1) is 11.6 Å². The number of aromatic nitrogens is 2. The van der Waals surface area contributed by atoms with Crippen LogP contribution in [0.25, 0.3) is 0 Å². The van der Waals surface area contributed by atoms with Crippen molar-refractivity contribution in [3.05, 3.63) is 47.5 Å². The molecule has 0 spiro atoms. The lowest BCUT2D eigenvalue weighted by Crippen LogP contribution is -2.49. The van der Waals surface area contributed by atoms with Crippen molar-refractivity contribution < 1.29 is 13.6 Å². The molecule has 6 nitrogen and oxygen atoms in total. The van der Waals surface area contributed by atoms with Crippen LogP contribution in [-0.4, -0.2) is 59.8 Å². The molecule has 1 aromatic carbocycles. The van der Waals surface area contributed by atoms with Crippen LogP contribution in [0.3, 0.4) is 0 Å². The summed E-state index contributed by atoms with van der Waals surface area (Å²) in [6.45, 7) is 5.44. The average molecular weight is 401 g/mol. The molecule has 29 heavy (non-hydrogen) atoms. The van der Waals surface area contributed by atoms with Gasteiger partial charge in [0.05, 0.1) is 0 Å². The average Bonchev–Trinajstić information content (AvgIpc) is 2.76. The fourth-order valence-electron chi connectivity index (χ4n) is 4.03. The number of hydrogen-bond acceptors (Lipinski definition) is 5. The van der Waals surface area contributed by atoms with E-state index in [1.807, 2.05) is 12.1 Å². The van der Waals surface area contributed by atoms with E-state index < -0.39 is 11.6 Å². The fraction of sp³-hybridized carbons (Fsp3) is 0.476. The van der Waals surface area contributed by atoms with Gasteiger partial charge in [-0.1, -0.05) is 0 Å². The monoisotopic (exact) mass is 401 g/mol. The summed E-state index contributed by atoms with van der Waals surface area (Å²) in [6.07, 6.45) is 3.62. The number of benzene rings is 1. The number of nitrogens with zero attached hydrogens (tertiary/aromatic N) is 5. The molecule has 2 fully saturated rings. The van der Waals surface area contributed by atoms with E-state index in [1.54, 1.807) is 4.90 Å². The van der Waals surface area contributed by atoms with Crippen molar-refractivity contribution in [1.29, 1.82) is 0 Å². The second-order valence-electron chi connectivity index (χ2n) is 7.70. The summed E-state index contributed by atoms with van der Waals surface area (Å²) in [6, 6.07) is 7.74. The van der Waals surface area contributed by atoms with Crippen LogP contribution in [0.15, 0.2) is 30.3 Å². The molecule has 0 radical (unpaired) electrons. The molecule has 0 saturated carbocycles. The molecule has 1 unspecified atom stereocenters. The van der Waals surface area contributed by atoms with Crippen LogP contribution in [0.5, 0.6) is 0 Å². The van der Waals surface area contributed by atoms with Gasteiger partial charge in [-0.25, -0.2) is 8.78 Å². The van der Waals surface area contributed by atoms with Crippen molar-refractivity contribution in [2.45, 2.75) is 32.2 Å². The van der Waals surface area contributed by atoms with E-state index in [0.717, 1.165) is 30.3 Å². The maximum atomic E-state index is 13.4. The van der Waals surface area contributed by atoms with Gasteiger partial charge in [0.1, 0.15) is 0 Å². The third-order valence-corrected chi connectivity index (χ3v) is 5.79. The van der Waals surface area contributed by atoms with Gasteiger partial charge in [0, 0.05) is 44.3 Å². The number of anilines is 2. The van der Waals surface area contributed by atoms with Gasteiger partial charge < -0.3 is 14.7 Å². The van der Waals surface area contributed by atoms with Gasteiger partial charge in [-0.2, -0.15) is 0 Å². The van der Waals surface area contributed by atoms with Crippen molar-refractivity contribution >= 4 is 17.5 Å². The maximum absolute atomic E-state index is 13.4. The van der Waals surface area contributed by atoms with Crippen LogP contribution in [0.4, 0.5) is 20.4 Å². The Morgan fingerprint density at radius 3 is 2.31 bits per heavy atom. The highest BCUT2D eigenvalue weighted by Crippen LogP contribution is 2.24. The van der Waals surface area contributed by atoms with Crippen molar-refractivity contribution in [3.8, 4) is 0 Å². The summed E-state index contributed by atoms with van der Waals surface area (Å²) in [5.74, 6) is -0.546. The first-order valence-electron chi connectivity index (χ1n) is 10.1. The number of rotatable bonds is 3. The van der Waals surface area contributed by atoms with Gasteiger partial charge in [0.15, 0.2) is 23.3 Å². The molecule has 2 saturated heterocycles. The molecule has 4 rings (SSSR count). The Labute approximate surface area is 169 Å². The zero-order valence-electron chi connectivity index (χ0n) is 16.5. The number of piperazine rings is 1. The summed E-state index contributed by atoms with van der Waals surface area (Å²) < 4.78 is 26.5. The molecular formula is C21H25F2N5O. The SMILES string of the molecule is CC1CCCCN1c1ccc(N2CCN(C(=O)c3ccc(F)c(F)c3)CC2)nn1. The molecule has 0 N–H and O–H groups in total. The first kappa shape index (κ1) is 19.5. The third kappa shape index (κ3) is 4.16. The van der Waals surface area contributed by atoms with Crippen LogP contribution in [-0.2, 0) is 0 Å². The molecule has 154 valence electrons. The molecule has 8 heteroatoms. The zero-order valence-corrected chi connectivity index (χ0v) is 16.5. The number of carbonyl (C=O) groups excluding carboxylic acids is 1. The van der Waals surface area contributed by atoms with Crippen molar-refractivity contribution in [2.75, 3.05) is 42.5 Å². The minimum absolute atomic E-state index is 0.164. The predicted octanol–water partition coefficient (Wildman–Crippen LogP) is 3.10. The largest absolute Gasteiger partial charge is 0.352 e. The van der Waals surface area contributed by atoms with Gasteiger partial charge in [0.25, 0.3) is 5.91 Å². The van der Waals surface area contributed by atoms with Crippen LogP contribution >= 0.6 is 0 Å². The van der Waals surface area contributed by atoms with Crippen molar-refractivity contribution in [1.82, 2.24) is 15.1 Å². The van der Waals surface area contributed by atoms with E-state index in [0.29, 0.717) is 32.2 Å². The van der Waals surface area contributed by atoms with Crippen LogP contribution in [0.1, 0.15) is 36.5 Å². The molecule has 0 bridgehead atoms. The molecule has 1 atom stereocenters. The predicted molar refractivity (Wildman–Crippen MR) is 107 cm³/mol. The second kappa shape index (κ2) is 8.31. The third-order valence-electron chi connectivity index (χ3n) is 5.79. The van der Waals surface area contributed by atoms with Gasteiger partial charge in [-0.3, -0.25) is 4.79 Å². The Morgan fingerprint density at radius 1 is 0.931 bits per heavy atom. The van der Waals surface area contributed by atoms with Gasteiger partial charge in [-0.05, 0) is 56.5 Å². The van der Waals surface area contributed by atoms with Gasteiger partial charge in [0.2, 0.25) is 0 Å². The minimum Gasteiger partial charge on any atom is -0.352 e. The molecule has 1 aromatic heterocycles. The molecule has 2 aliphatic rings. The number of amides is 1. The minimum atomic E-state index is -1.01. The summed E-state index contributed by atoms with van der Waals surface area (Å²) in [5.41, 5.74) is 0.164. The molecule has 3 heterocycles. The first-order chi connectivity index (χ1) is 14.0. The standard InChI is InChI=1S/C21H25F2N5O/c1-15-4-2-3-9-28(15)20-8-7-19(24-25-20)26-10-12-27(13-11-26)21(29)16-5-6-17(22)18(23)14-16/h5-8,14-15H,2-4,9-13H2,1H3. The highest BCUT2D eigenvalue weighted by atomic mass is 19.2. The normalized spacial score (nSPS) is 20.1. The summed E-state index contributed by atoms with van der Waals surface area (Å²) in [5, 5.41) is 8.83. The summed E-state index contributed by atoms with van der Waals surface area (Å²) in [4.78, 5) is 18.6.